The van der Waals surface area contributed by atoms with Crippen LogP contribution in [0.5, 0.6) is 0 Å². The van der Waals surface area contributed by atoms with Gasteiger partial charge >= 0.3 is 0 Å². The highest BCUT2D eigenvalue weighted by atomic mass is 28.4. The minimum Gasteiger partial charge on any atom is -0.454 e. The summed E-state index contributed by atoms with van der Waals surface area (Å²) in [4.78, 5) is 13.4. The summed E-state index contributed by atoms with van der Waals surface area (Å²) in [5.41, 5.74) is 2.32. The van der Waals surface area contributed by atoms with Crippen LogP contribution in [-0.4, -0.2) is 28.2 Å². The number of amides is 1. The molecule has 144 valence electrons. The lowest BCUT2D eigenvalue weighted by atomic mass is 10.1. The molecule has 0 spiro atoms. The van der Waals surface area contributed by atoms with Crippen molar-refractivity contribution < 1.29 is 9.32 Å². The summed E-state index contributed by atoms with van der Waals surface area (Å²) in [7, 11) is -4.16. The lowest BCUT2D eigenvalue weighted by molar-refractivity contribution is -0.111. The zero-order valence-corrected chi connectivity index (χ0v) is 20.0. The number of para-hydroxylation sites is 1. The molecule has 4 nitrogen and oxygen atoms in total. The third-order valence-corrected chi connectivity index (χ3v) is 15.8. The van der Waals surface area contributed by atoms with Gasteiger partial charge in [-0.1, -0.05) is 78.0 Å². The first-order valence-corrected chi connectivity index (χ1v) is 15.2. The highest BCUT2D eigenvalue weighted by Gasteiger charge is 2.50. The number of carbonyl (C=O) groups excluding carboxylic acids is 1. The monoisotopic (exact) mass is 390 g/mol. The van der Waals surface area contributed by atoms with Crippen LogP contribution in [0.2, 0.25) is 36.3 Å². The Kier molecular flexibility index (Phi) is 5.09. The molecule has 0 radical (unpaired) electrons. The summed E-state index contributed by atoms with van der Waals surface area (Å²) in [5, 5.41) is 4.53. The predicted molar refractivity (Wildman–Crippen MR) is 116 cm³/mol. The van der Waals surface area contributed by atoms with Gasteiger partial charge in [0.05, 0.1) is 0 Å². The average Bonchev–Trinajstić information content (AvgIpc) is 2.75. The molecule has 0 saturated heterocycles. The quantitative estimate of drug-likeness (QED) is 0.486. The molecule has 1 aliphatic rings. The van der Waals surface area contributed by atoms with Gasteiger partial charge in [-0.05, 0) is 29.2 Å². The van der Waals surface area contributed by atoms with E-state index < -0.39 is 16.6 Å². The van der Waals surface area contributed by atoms with Crippen LogP contribution in [0.25, 0.3) is 0 Å². The Labute approximate surface area is 160 Å². The summed E-state index contributed by atoms with van der Waals surface area (Å²) in [6.45, 7) is 22.0. The van der Waals surface area contributed by atoms with E-state index >= 15 is 0 Å². The fourth-order valence-electron chi connectivity index (χ4n) is 2.47. The second kappa shape index (κ2) is 6.34. The van der Waals surface area contributed by atoms with Crippen LogP contribution >= 0.6 is 0 Å². The Bertz CT molecular complexity index is 741. The molecule has 0 unspecified atom stereocenters. The average molecular weight is 391 g/mol. The van der Waals surface area contributed by atoms with E-state index in [9.17, 15) is 4.79 Å². The van der Waals surface area contributed by atoms with Crippen LogP contribution in [0.15, 0.2) is 29.4 Å². The maximum Gasteiger partial charge on any atom is 0.286 e. The Hall–Kier alpha value is -1.41. The van der Waals surface area contributed by atoms with Crippen molar-refractivity contribution in [2.24, 2.45) is 5.16 Å². The lowest BCUT2D eigenvalue weighted by Gasteiger charge is -2.43. The number of fused-ring (bicyclic) bond motifs is 1. The molecule has 0 bridgehead atoms. The van der Waals surface area contributed by atoms with E-state index in [4.69, 9.17) is 4.53 Å². The number of oxime groups is 1. The van der Waals surface area contributed by atoms with E-state index in [-0.39, 0.29) is 16.0 Å². The number of hydrogen-bond donors (Lipinski definition) is 0. The van der Waals surface area contributed by atoms with Crippen molar-refractivity contribution >= 4 is 33.9 Å². The lowest BCUT2D eigenvalue weighted by Crippen LogP contribution is -2.57. The van der Waals surface area contributed by atoms with Gasteiger partial charge in [0, 0.05) is 11.3 Å². The fraction of sp³-hybridized carbons (Fsp3) is 0.600. The maximum atomic E-state index is 13.4. The van der Waals surface area contributed by atoms with Crippen molar-refractivity contribution in [3.8, 4) is 0 Å². The fourth-order valence-corrected chi connectivity index (χ4v) is 5.15. The van der Waals surface area contributed by atoms with Gasteiger partial charge < -0.3 is 9.09 Å². The van der Waals surface area contributed by atoms with Crippen molar-refractivity contribution in [2.75, 3.05) is 4.57 Å². The van der Waals surface area contributed by atoms with E-state index in [1.54, 1.807) is 0 Å². The van der Waals surface area contributed by atoms with E-state index in [0.29, 0.717) is 5.71 Å². The number of carbonyl (C=O) groups is 1. The first-order valence-electron chi connectivity index (χ1n) is 9.31. The zero-order chi connectivity index (χ0) is 20.1. The van der Waals surface area contributed by atoms with Crippen molar-refractivity contribution in [2.45, 2.75) is 77.8 Å². The minimum absolute atomic E-state index is 0.0171. The molecule has 0 aromatic heterocycles. The first kappa shape index (κ1) is 20.9. The van der Waals surface area contributed by atoms with Gasteiger partial charge in [-0.15, -0.1) is 0 Å². The summed E-state index contributed by atoms with van der Waals surface area (Å²) < 4.78 is 8.07. The largest absolute Gasteiger partial charge is 0.454 e. The third kappa shape index (κ3) is 3.41. The Balaban J connectivity index is 2.53. The molecular weight excluding hydrogens is 356 g/mol. The number of hydrogen-bond acceptors (Lipinski definition) is 3. The molecule has 6 heteroatoms. The maximum absolute atomic E-state index is 13.4. The summed E-state index contributed by atoms with van der Waals surface area (Å²) in [6.07, 6.45) is 0. The molecule has 0 N–H and O–H groups in total. The van der Waals surface area contributed by atoms with Gasteiger partial charge in [0.2, 0.25) is 0 Å². The zero-order valence-electron chi connectivity index (χ0n) is 18.0. The Morgan fingerprint density at radius 3 is 1.96 bits per heavy atom. The standard InChI is InChI=1S/C20H34N2O2Si2/c1-19(2,3)25(7,8)22-16-14-12-11-13-15(16)17(18(22)23)21-24-26(9,10)20(4,5)6/h11-14H,1-10H3/b21-17-. The molecule has 1 amide bonds. The molecule has 2 rings (SSSR count). The van der Waals surface area contributed by atoms with Crippen LogP contribution < -0.4 is 4.57 Å². The van der Waals surface area contributed by atoms with Gasteiger partial charge in [-0.3, -0.25) is 4.79 Å². The van der Waals surface area contributed by atoms with E-state index in [1.165, 1.54) is 0 Å². The van der Waals surface area contributed by atoms with Crippen LogP contribution in [0.3, 0.4) is 0 Å². The molecule has 1 aromatic rings. The topological polar surface area (TPSA) is 41.9 Å². The van der Waals surface area contributed by atoms with Crippen molar-refractivity contribution in [1.29, 1.82) is 0 Å². The molecule has 0 saturated carbocycles. The second-order valence-electron chi connectivity index (χ2n) is 10.3. The SMILES string of the molecule is CC(C)(C)[Si](C)(C)O/N=C1\C(=O)N([Si](C)(C)C(C)(C)C)c2ccccc21. The summed E-state index contributed by atoms with van der Waals surface area (Å²) >= 11 is 0. The minimum atomic E-state index is -2.08. The summed E-state index contributed by atoms with van der Waals surface area (Å²) in [6, 6.07) is 7.96. The first-order chi connectivity index (χ1) is 11.6. The van der Waals surface area contributed by atoms with Gasteiger partial charge in [0.1, 0.15) is 0 Å². The van der Waals surface area contributed by atoms with Gasteiger partial charge in [0.25, 0.3) is 14.2 Å². The van der Waals surface area contributed by atoms with E-state index in [0.717, 1.165) is 11.3 Å². The molecular formula is C20H34N2O2Si2. The molecule has 26 heavy (non-hydrogen) atoms. The molecule has 0 fully saturated rings. The third-order valence-electron chi connectivity index (χ3n) is 6.37. The van der Waals surface area contributed by atoms with Crippen LogP contribution in [0.4, 0.5) is 5.69 Å². The van der Waals surface area contributed by atoms with Crippen LogP contribution in [0, 0.1) is 0 Å². The number of rotatable bonds is 3. The number of nitrogens with zero attached hydrogens (tertiary/aromatic N) is 2. The van der Waals surface area contributed by atoms with Crippen molar-refractivity contribution in [3.63, 3.8) is 0 Å². The Morgan fingerprint density at radius 2 is 1.46 bits per heavy atom. The highest BCUT2D eigenvalue weighted by molar-refractivity contribution is 6.90. The van der Waals surface area contributed by atoms with Crippen molar-refractivity contribution in [1.82, 2.24) is 0 Å². The molecule has 0 aliphatic carbocycles. The molecule has 1 heterocycles. The number of benzene rings is 1. The molecule has 0 atom stereocenters. The molecule has 1 aromatic carbocycles. The van der Waals surface area contributed by atoms with Crippen LogP contribution in [-0.2, 0) is 9.32 Å². The van der Waals surface area contributed by atoms with Gasteiger partial charge in [-0.25, -0.2) is 0 Å². The second-order valence-corrected chi connectivity index (χ2v) is 20.0. The van der Waals surface area contributed by atoms with Crippen LogP contribution in [0.1, 0.15) is 47.1 Å². The smallest absolute Gasteiger partial charge is 0.286 e. The Morgan fingerprint density at radius 1 is 0.923 bits per heavy atom. The van der Waals surface area contributed by atoms with E-state index in [1.807, 2.05) is 28.8 Å². The predicted octanol–water partition coefficient (Wildman–Crippen LogP) is 5.76. The summed E-state index contributed by atoms with van der Waals surface area (Å²) in [5.74, 6) is -0.0171. The van der Waals surface area contributed by atoms with Gasteiger partial charge in [-0.2, -0.15) is 0 Å². The van der Waals surface area contributed by atoms with E-state index in [2.05, 4.69) is 72.9 Å². The molecule has 1 aliphatic heterocycles. The normalized spacial score (nSPS) is 17.7. The van der Waals surface area contributed by atoms with Crippen molar-refractivity contribution in [3.05, 3.63) is 29.8 Å². The van der Waals surface area contributed by atoms with Gasteiger partial charge in [0.15, 0.2) is 13.9 Å². The number of anilines is 1. The highest BCUT2D eigenvalue weighted by Crippen LogP contribution is 2.44.